The molecule has 1 N–H and O–H groups in total. The van der Waals surface area contributed by atoms with Gasteiger partial charge in [-0.1, -0.05) is 46.2 Å². The molecule has 0 aliphatic heterocycles. The molecular formula is C15H26ClNS. The third kappa shape index (κ3) is 4.25. The molecule has 0 aromatic carbocycles. The highest BCUT2D eigenvalue weighted by molar-refractivity contribution is 7.16. The second kappa shape index (κ2) is 6.40. The summed E-state index contributed by atoms with van der Waals surface area (Å²) in [4.78, 5) is 1.37. The smallest absolute Gasteiger partial charge is 0.0960 e. The first kappa shape index (κ1) is 16.0. The van der Waals surface area contributed by atoms with Crippen LogP contribution >= 0.6 is 22.9 Å². The molecular weight excluding hydrogens is 262 g/mol. The van der Waals surface area contributed by atoms with E-state index in [0.717, 1.165) is 17.3 Å². The minimum absolute atomic E-state index is 0.351. The lowest BCUT2D eigenvalue weighted by molar-refractivity contribution is 0.225. The van der Waals surface area contributed by atoms with E-state index in [2.05, 4.69) is 52.9 Å². The Morgan fingerprint density at radius 1 is 1.39 bits per heavy atom. The van der Waals surface area contributed by atoms with Crippen molar-refractivity contribution in [1.82, 2.24) is 5.32 Å². The average molecular weight is 288 g/mol. The maximum atomic E-state index is 6.19. The van der Waals surface area contributed by atoms with E-state index in [1.165, 1.54) is 10.4 Å². The van der Waals surface area contributed by atoms with E-state index < -0.39 is 0 Å². The van der Waals surface area contributed by atoms with Crippen molar-refractivity contribution >= 4 is 22.9 Å². The van der Waals surface area contributed by atoms with E-state index in [1.807, 2.05) is 0 Å². The Bertz CT molecular complexity index is 359. The third-order valence-corrected chi connectivity index (χ3v) is 5.41. The van der Waals surface area contributed by atoms with Crippen LogP contribution in [0.2, 0.25) is 4.34 Å². The van der Waals surface area contributed by atoms with E-state index in [-0.39, 0.29) is 0 Å². The summed E-state index contributed by atoms with van der Waals surface area (Å²) in [5.74, 6) is 0.669. The molecule has 1 rings (SSSR count). The first-order valence-corrected chi connectivity index (χ1v) is 7.94. The summed E-state index contributed by atoms with van der Waals surface area (Å²) >= 11 is 7.91. The van der Waals surface area contributed by atoms with Gasteiger partial charge < -0.3 is 5.32 Å². The lowest BCUT2D eigenvalue weighted by atomic mass is 9.78. The minimum Gasteiger partial charge on any atom is -0.310 e. The van der Waals surface area contributed by atoms with Gasteiger partial charge in [0.2, 0.25) is 0 Å². The van der Waals surface area contributed by atoms with Gasteiger partial charge in [0.15, 0.2) is 0 Å². The number of hydrogen-bond acceptors (Lipinski definition) is 2. The van der Waals surface area contributed by atoms with Crippen molar-refractivity contribution < 1.29 is 0 Å². The van der Waals surface area contributed by atoms with Crippen LogP contribution in [0.5, 0.6) is 0 Å². The van der Waals surface area contributed by atoms with Gasteiger partial charge in [0.1, 0.15) is 0 Å². The van der Waals surface area contributed by atoms with Gasteiger partial charge in [-0.2, -0.15) is 0 Å². The lowest BCUT2D eigenvalue weighted by Crippen LogP contribution is -2.27. The predicted molar refractivity (Wildman–Crippen MR) is 83.7 cm³/mol. The number of thiophene rings is 1. The van der Waals surface area contributed by atoms with Crippen molar-refractivity contribution in [2.75, 3.05) is 6.54 Å². The summed E-state index contributed by atoms with van der Waals surface area (Å²) in [7, 11) is 0. The first-order valence-electron chi connectivity index (χ1n) is 6.75. The Morgan fingerprint density at radius 2 is 2.00 bits per heavy atom. The second-order valence-corrected chi connectivity index (χ2v) is 7.90. The van der Waals surface area contributed by atoms with Crippen LogP contribution in [0.15, 0.2) is 6.07 Å². The molecule has 0 saturated carbocycles. The van der Waals surface area contributed by atoms with E-state index in [0.29, 0.717) is 17.4 Å². The molecule has 0 fully saturated rings. The molecule has 18 heavy (non-hydrogen) atoms. The zero-order valence-corrected chi connectivity index (χ0v) is 14.0. The number of halogens is 1. The van der Waals surface area contributed by atoms with Gasteiger partial charge in [0.25, 0.3) is 0 Å². The van der Waals surface area contributed by atoms with E-state index in [1.54, 1.807) is 11.3 Å². The molecule has 104 valence electrons. The minimum atomic E-state index is 0.351. The van der Waals surface area contributed by atoms with Crippen LogP contribution in [0.3, 0.4) is 0 Å². The van der Waals surface area contributed by atoms with Crippen molar-refractivity contribution in [1.29, 1.82) is 0 Å². The Kier molecular flexibility index (Phi) is 5.69. The molecule has 1 aromatic heterocycles. The van der Waals surface area contributed by atoms with Crippen LogP contribution in [0.25, 0.3) is 0 Å². The van der Waals surface area contributed by atoms with Crippen LogP contribution in [0.4, 0.5) is 0 Å². The topological polar surface area (TPSA) is 12.0 Å². The molecule has 0 radical (unpaired) electrons. The van der Waals surface area contributed by atoms with Crippen molar-refractivity contribution in [3.05, 3.63) is 20.8 Å². The zero-order valence-electron chi connectivity index (χ0n) is 12.4. The first-order chi connectivity index (χ1) is 8.25. The van der Waals surface area contributed by atoms with Gasteiger partial charge in [-0.05, 0) is 42.9 Å². The van der Waals surface area contributed by atoms with E-state index >= 15 is 0 Å². The van der Waals surface area contributed by atoms with Crippen molar-refractivity contribution in [3.8, 4) is 0 Å². The fourth-order valence-electron chi connectivity index (χ4n) is 1.91. The van der Waals surface area contributed by atoms with Crippen LogP contribution < -0.4 is 5.32 Å². The van der Waals surface area contributed by atoms with Gasteiger partial charge >= 0.3 is 0 Å². The van der Waals surface area contributed by atoms with Gasteiger partial charge in [-0.25, -0.2) is 0 Å². The summed E-state index contributed by atoms with van der Waals surface area (Å²) in [6.07, 6.45) is 1.16. The zero-order chi connectivity index (χ0) is 13.9. The van der Waals surface area contributed by atoms with E-state index in [4.69, 9.17) is 11.6 Å². The summed E-state index contributed by atoms with van der Waals surface area (Å²) in [5, 5.41) is 3.59. The Hall–Kier alpha value is -0.0500. The predicted octanol–water partition coefficient (Wildman–Crippen LogP) is 5.43. The lowest BCUT2D eigenvalue weighted by Gasteiger charge is -2.30. The van der Waals surface area contributed by atoms with Crippen LogP contribution in [-0.2, 0) is 0 Å². The Labute approximate surface area is 121 Å². The maximum Gasteiger partial charge on any atom is 0.0960 e. The number of hydrogen-bond donors (Lipinski definition) is 1. The average Bonchev–Trinajstić information content (AvgIpc) is 2.57. The van der Waals surface area contributed by atoms with Gasteiger partial charge in [0, 0.05) is 10.9 Å². The molecule has 3 heteroatoms. The van der Waals surface area contributed by atoms with Crippen LogP contribution in [0.1, 0.15) is 57.5 Å². The highest BCUT2D eigenvalue weighted by Gasteiger charge is 2.25. The Morgan fingerprint density at radius 3 is 2.39 bits per heavy atom. The van der Waals surface area contributed by atoms with Gasteiger partial charge in [0.05, 0.1) is 4.34 Å². The SMILES string of the molecule is CCNC(CC(C)C(C)(C)C)c1cc(C)c(Cl)s1. The number of rotatable bonds is 5. The largest absolute Gasteiger partial charge is 0.310 e. The highest BCUT2D eigenvalue weighted by atomic mass is 35.5. The molecule has 1 aromatic rings. The summed E-state index contributed by atoms with van der Waals surface area (Å²) < 4.78 is 0.927. The highest BCUT2D eigenvalue weighted by Crippen LogP contribution is 2.37. The third-order valence-electron chi connectivity index (χ3n) is 3.74. The summed E-state index contributed by atoms with van der Waals surface area (Å²) in [6.45, 7) is 14.5. The molecule has 0 saturated heterocycles. The number of nitrogens with one attached hydrogen (secondary N) is 1. The molecule has 0 aliphatic rings. The van der Waals surface area contributed by atoms with Crippen LogP contribution in [0, 0.1) is 18.3 Å². The normalized spacial score (nSPS) is 15.7. The molecule has 0 spiro atoms. The molecule has 1 nitrogen and oxygen atoms in total. The molecule has 2 atom stereocenters. The maximum absolute atomic E-state index is 6.19. The molecule has 0 bridgehead atoms. The fourth-order valence-corrected chi connectivity index (χ4v) is 3.22. The molecule has 0 amide bonds. The quantitative estimate of drug-likeness (QED) is 0.761. The second-order valence-electron chi connectivity index (χ2n) is 6.22. The summed E-state index contributed by atoms with van der Waals surface area (Å²) in [6, 6.07) is 2.66. The van der Waals surface area contributed by atoms with Crippen molar-refractivity contribution in [3.63, 3.8) is 0 Å². The van der Waals surface area contributed by atoms with E-state index in [9.17, 15) is 0 Å². The fraction of sp³-hybridized carbons (Fsp3) is 0.733. The molecule has 2 unspecified atom stereocenters. The van der Waals surface area contributed by atoms with Crippen molar-refractivity contribution in [2.24, 2.45) is 11.3 Å². The number of aryl methyl sites for hydroxylation is 1. The molecule has 0 aliphatic carbocycles. The van der Waals surface area contributed by atoms with Gasteiger partial charge in [-0.3, -0.25) is 0 Å². The van der Waals surface area contributed by atoms with Gasteiger partial charge in [-0.15, -0.1) is 11.3 Å². The summed E-state index contributed by atoms with van der Waals surface area (Å²) in [5.41, 5.74) is 1.55. The standard InChI is InChI=1S/C15H26ClNS/c1-7-17-12(9-11(3)15(4,5)6)13-8-10(2)14(16)18-13/h8,11-12,17H,7,9H2,1-6H3. The van der Waals surface area contributed by atoms with Crippen molar-refractivity contribution in [2.45, 2.75) is 54.0 Å². The Balaban J connectivity index is 2.83. The molecule has 1 heterocycles. The monoisotopic (exact) mass is 287 g/mol. The van der Waals surface area contributed by atoms with Crippen LogP contribution in [-0.4, -0.2) is 6.54 Å².